The number of aromatic carboxylic acids is 1. The lowest BCUT2D eigenvalue weighted by Crippen LogP contribution is -2.50. The average molecular weight is 938 g/mol. The summed E-state index contributed by atoms with van der Waals surface area (Å²) in [5.41, 5.74) is 12.0. The lowest BCUT2D eigenvalue weighted by Gasteiger charge is -2.19. The zero-order chi connectivity index (χ0) is 48.9. The Morgan fingerprint density at radius 1 is 0.696 bits per heavy atom. The molecule has 0 bridgehead atoms. The standard InChI is InChI=1S/C52H55N7O10/c1-29(2)47(53)49(61)56-30(3)48(60)57-36-15-13-32(14-16-36)35-20-38-26-55-42-24-46(44(67-5)22-40(42)51(63)59(38)28-35)69-18-8-6-7-17-68-45-23-41-39(21-43(45)66-4)50(62)58-27-34(19-37(58)25-54-41)31-9-11-33(12-10-31)52(64)65/h9-16,21-30,37-38,47H,6-8,17-20,53H2,1-5H3,(H,56,61)(H,57,60)(H,64,65)/t30-,37-,38-,47-/m0/s1. The van der Waals surface area contributed by atoms with Gasteiger partial charge in [-0.05, 0) is 90.8 Å². The van der Waals surface area contributed by atoms with Crippen molar-refractivity contribution in [2.75, 3.05) is 32.8 Å². The number of nitrogens with two attached hydrogens (primary N) is 1. The maximum Gasteiger partial charge on any atom is 0.335 e. The number of carbonyl (C=O) groups excluding carboxylic acids is 4. The molecule has 4 aliphatic rings. The number of carboxylic acids is 1. The van der Waals surface area contributed by atoms with Crippen LogP contribution in [0.25, 0.3) is 11.1 Å². The van der Waals surface area contributed by atoms with E-state index in [2.05, 4.69) is 15.6 Å². The monoisotopic (exact) mass is 937 g/mol. The van der Waals surface area contributed by atoms with Crippen molar-refractivity contribution in [1.29, 1.82) is 0 Å². The SMILES string of the molecule is COc1cc2c(cc1OCCCCCOc1cc3c(cc1OC)C(=O)N1C=C(c4ccc(C(=O)O)cc4)C[C@H]1C=N3)N=C[C@@H]1CC(c3ccc(NC(=O)[C@H](C)NC(=O)[C@@H](N)C(C)C)cc3)=CN1C2=O. The van der Waals surface area contributed by atoms with Crippen LogP contribution in [-0.2, 0) is 9.59 Å². The quantitative estimate of drug-likeness (QED) is 0.0720. The summed E-state index contributed by atoms with van der Waals surface area (Å²) in [6.45, 7) is 6.06. The molecule has 0 unspecified atom stereocenters. The van der Waals surface area contributed by atoms with E-state index in [1.54, 1.807) is 96.0 Å². The molecular formula is C52H55N7O10. The molecule has 0 saturated heterocycles. The van der Waals surface area contributed by atoms with Gasteiger partial charge in [0.05, 0.1) is 73.6 Å². The molecule has 17 heteroatoms. The molecule has 4 aromatic rings. The van der Waals surface area contributed by atoms with Crippen LogP contribution in [0.2, 0.25) is 0 Å². The summed E-state index contributed by atoms with van der Waals surface area (Å²) < 4.78 is 23.6. The van der Waals surface area contributed by atoms with E-state index in [0.29, 0.717) is 90.1 Å². The van der Waals surface area contributed by atoms with Crippen molar-refractivity contribution in [3.8, 4) is 23.0 Å². The van der Waals surface area contributed by atoms with E-state index in [-0.39, 0.29) is 47.2 Å². The average Bonchev–Trinajstić information content (AvgIpc) is 3.93. The smallest absolute Gasteiger partial charge is 0.335 e. The molecule has 69 heavy (non-hydrogen) atoms. The van der Waals surface area contributed by atoms with Crippen molar-refractivity contribution < 1.29 is 48.0 Å². The van der Waals surface area contributed by atoms with Gasteiger partial charge in [0.15, 0.2) is 23.0 Å². The van der Waals surface area contributed by atoms with Gasteiger partial charge < -0.3 is 50.2 Å². The lowest BCUT2D eigenvalue weighted by atomic mass is 10.0. The third-order valence-electron chi connectivity index (χ3n) is 12.5. The molecule has 358 valence electrons. The third kappa shape index (κ3) is 10.4. The zero-order valence-electron chi connectivity index (χ0n) is 39.1. The van der Waals surface area contributed by atoms with Crippen molar-refractivity contribution in [2.45, 2.75) is 77.0 Å². The fourth-order valence-corrected chi connectivity index (χ4v) is 8.41. The number of methoxy groups -OCH3 is 2. The fraction of sp³-hybridized carbons (Fsp3) is 0.327. The summed E-state index contributed by atoms with van der Waals surface area (Å²) in [4.78, 5) is 76.8. The van der Waals surface area contributed by atoms with E-state index in [1.807, 2.05) is 32.2 Å². The van der Waals surface area contributed by atoms with Crippen LogP contribution in [0.4, 0.5) is 17.1 Å². The number of rotatable bonds is 18. The number of nitrogens with zero attached hydrogens (tertiary/aromatic N) is 4. The lowest BCUT2D eigenvalue weighted by molar-refractivity contribution is -0.127. The predicted molar refractivity (Wildman–Crippen MR) is 261 cm³/mol. The summed E-state index contributed by atoms with van der Waals surface area (Å²) in [5, 5.41) is 14.7. The number of ether oxygens (including phenoxy) is 4. The van der Waals surface area contributed by atoms with Crippen LogP contribution < -0.4 is 35.3 Å². The minimum absolute atomic E-state index is 0.0617. The molecule has 0 fully saturated rings. The van der Waals surface area contributed by atoms with Crippen LogP contribution in [0.1, 0.15) is 95.1 Å². The van der Waals surface area contributed by atoms with Crippen molar-refractivity contribution in [3.05, 3.63) is 113 Å². The molecule has 4 aliphatic heterocycles. The molecule has 0 aromatic heterocycles. The highest BCUT2D eigenvalue weighted by Crippen LogP contribution is 2.42. The summed E-state index contributed by atoms with van der Waals surface area (Å²) in [6, 6.07) is 18.6. The second kappa shape index (κ2) is 20.6. The van der Waals surface area contributed by atoms with Gasteiger partial charge in [-0.15, -0.1) is 0 Å². The van der Waals surface area contributed by atoms with Crippen LogP contribution in [0.3, 0.4) is 0 Å². The first-order valence-electron chi connectivity index (χ1n) is 22.9. The number of carboxylic acid groups (broad SMARTS) is 1. The van der Waals surface area contributed by atoms with Gasteiger partial charge in [0.1, 0.15) is 6.04 Å². The zero-order valence-corrected chi connectivity index (χ0v) is 39.1. The van der Waals surface area contributed by atoms with Gasteiger partial charge >= 0.3 is 5.97 Å². The minimum atomic E-state index is -0.997. The number of carbonyl (C=O) groups is 5. The first-order valence-corrected chi connectivity index (χ1v) is 22.9. The third-order valence-corrected chi connectivity index (χ3v) is 12.5. The molecule has 4 aromatic carbocycles. The van der Waals surface area contributed by atoms with Gasteiger partial charge in [0, 0.05) is 55.5 Å². The summed E-state index contributed by atoms with van der Waals surface area (Å²) in [6.07, 6.45) is 10.4. The van der Waals surface area contributed by atoms with Crippen LogP contribution >= 0.6 is 0 Å². The van der Waals surface area contributed by atoms with Crippen molar-refractivity contribution in [3.63, 3.8) is 0 Å². The molecular weight excluding hydrogens is 883 g/mol. The van der Waals surface area contributed by atoms with Crippen molar-refractivity contribution in [2.24, 2.45) is 21.6 Å². The highest BCUT2D eigenvalue weighted by molar-refractivity contribution is 6.07. The highest BCUT2D eigenvalue weighted by Gasteiger charge is 2.35. The number of hydrogen-bond acceptors (Lipinski definition) is 12. The van der Waals surface area contributed by atoms with Gasteiger partial charge in [-0.3, -0.25) is 29.2 Å². The van der Waals surface area contributed by atoms with Crippen LogP contribution in [0.5, 0.6) is 23.0 Å². The van der Waals surface area contributed by atoms with Gasteiger partial charge in [-0.2, -0.15) is 0 Å². The van der Waals surface area contributed by atoms with Gasteiger partial charge in [-0.1, -0.05) is 38.1 Å². The molecule has 0 aliphatic carbocycles. The number of fused-ring (bicyclic) bond motifs is 4. The van der Waals surface area contributed by atoms with E-state index < -0.39 is 18.1 Å². The Bertz CT molecular complexity index is 2780. The van der Waals surface area contributed by atoms with Gasteiger partial charge in [0.2, 0.25) is 11.8 Å². The summed E-state index contributed by atoms with van der Waals surface area (Å²) in [7, 11) is 3.05. The normalized spacial score (nSPS) is 17.6. The number of aliphatic imine (C=N–C) groups is 2. The van der Waals surface area contributed by atoms with Crippen molar-refractivity contribution >= 4 is 70.2 Å². The Hall–Kier alpha value is -7.79. The van der Waals surface area contributed by atoms with E-state index >= 15 is 0 Å². The second-order valence-corrected chi connectivity index (χ2v) is 17.6. The largest absolute Gasteiger partial charge is 0.493 e. The number of hydrogen-bond donors (Lipinski definition) is 4. The van der Waals surface area contributed by atoms with Gasteiger partial charge in [-0.25, -0.2) is 4.79 Å². The van der Waals surface area contributed by atoms with E-state index in [0.717, 1.165) is 28.7 Å². The Morgan fingerprint density at radius 2 is 1.17 bits per heavy atom. The van der Waals surface area contributed by atoms with Crippen LogP contribution in [-0.4, -0.2) is 109 Å². The van der Waals surface area contributed by atoms with E-state index in [1.165, 1.54) is 14.2 Å². The van der Waals surface area contributed by atoms with Gasteiger partial charge in [0.25, 0.3) is 11.8 Å². The molecule has 0 saturated carbocycles. The number of benzene rings is 4. The molecule has 4 amide bonds. The fourth-order valence-electron chi connectivity index (χ4n) is 8.41. The maximum atomic E-state index is 14.0. The molecule has 4 atom stereocenters. The predicted octanol–water partition coefficient (Wildman–Crippen LogP) is 7.40. The number of unbranched alkanes of at least 4 members (excludes halogenated alkanes) is 2. The first-order chi connectivity index (χ1) is 33.2. The van der Waals surface area contributed by atoms with Crippen molar-refractivity contribution in [1.82, 2.24) is 15.1 Å². The summed E-state index contributed by atoms with van der Waals surface area (Å²) >= 11 is 0. The van der Waals surface area contributed by atoms with Crippen LogP contribution in [0.15, 0.2) is 95.2 Å². The topological polar surface area (TPSA) is 224 Å². The minimum Gasteiger partial charge on any atom is -0.493 e. The second-order valence-electron chi connectivity index (χ2n) is 17.6. The number of amides is 4. The molecule has 4 heterocycles. The summed E-state index contributed by atoms with van der Waals surface area (Å²) in [5.74, 6) is -0.469. The molecule has 0 spiro atoms. The first kappa shape index (κ1) is 47.7. The Balaban J connectivity index is 0.818. The number of nitrogens with one attached hydrogen (secondary N) is 2. The Labute approximate surface area is 399 Å². The molecule has 5 N–H and O–H groups in total. The Morgan fingerprint density at radius 3 is 1.62 bits per heavy atom. The molecule has 8 rings (SSSR count). The van der Waals surface area contributed by atoms with E-state index in [9.17, 15) is 29.1 Å². The van der Waals surface area contributed by atoms with E-state index in [4.69, 9.17) is 29.7 Å². The molecule has 0 radical (unpaired) electrons. The molecule has 17 nitrogen and oxygen atoms in total. The Kier molecular flexibility index (Phi) is 14.2. The van der Waals surface area contributed by atoms with Crippen LogP contribution in [0, 0.1) is 5.92 Å². The maximum absolute atomic E-state index is 14.0. The highest BCUT2D eigenvalue weighted by atomic mass is 16.5. The number of anilines is 1.